The fraction of sp³-hybridized carbons (Fsp3) is 0.909. The van der Waals surface area contributed by atoms with Gasteiger partial charge in [0.25, 0.3) is 0 Å². The van der Waals surface area contributed by atoms with E-state index < -0.39 is 0 Å². The Morgan fingerprint density at radius 3 is 2.67 bits per heavy atom. The Kier molecular flexibility index (Phi) is 2.92. The fourth-order valence-corrected chi connectivity index (χ4v) is 2.35. The molecule has 2 unspecified atom stereocenters. The highest BCUT2D eigenvalue weighted by Gasteiger charge is 2.36. The van der Waals surface area contributed by atoms with Crippen molar-refractivity contribution in [2.24, 2.45) is 17.3 Å². The summed E-state index contributed by atoms with van der Waals surface area (Å²) in [5.41, 5.74) is 0.374. The third-order valence-electron chi connectivity index (χ3n) is 3.89. The minimum absolute atomic E-state index is 0.374. The molecule has 2 atom stereocenters. The molecule has 1 rings (SSSR count). The van der Waals surface area contributed by atoms with Crippen LogP contribution in [0.4, 0.5) is 0 Å². The molecule has 1 aliphatic rings. The van der Waals surface area contributed by atoms with Crippen molar-refractivity contribution < 1.29 is 4.79 Å². The summed E-state index contributed by atoms with van der Waals surface area (Å²) in [6.07, 6.45) is 5.74. The van der Waals surface area contributed by atoms with E-state index in [9.17, 15) is 4.79 Å². The van der Waals surface area contributed by atoms with Crippen LogP contribution in [-0.4, -0.2) is 6.29 Å². The van der Waals surface area contributed by atoms with Crippen LogP contribution in [-0.2, 0) is 4.79 Å². The summed E-state index contributed by atoms with van der Waals surface area (Å²) in [5, 5.41) is 0. The topological polar surface area (TPSA) is 17.1 Å². The third-order valence-corrected chi connectivity index (χ3v) is 3.89. The Morgan fingerprint density at radius 1 is 1.42 bits per heavy atom. The van der Waals surface area contributed by atoms with Crippen molar-refractivity contribution in [1.82, 2.24) is 0 Å². The lowest BCUT2D eigenvalue weighted by Crippen LogP contribution is -2.35. The van der Waals surface area contributed by atoms with E-state index in [-0.39, 0.29) is 0 Å². The normalized spacial score (nSPS) is 34.6. The van der Waals surface area contributed by atoms with Gasteiger partial charge in [-0.1, -0.05) is 33.6 Å². The van der Waals surface area contributed by atoms with Gasteiger partial charge in [-0.3, -0.25) is 0 Å². The second-order valence-electron chi connectivity index (χ2n) is 4.75. The lowest BCUT2D eigenvalue weighted by molar-refractivity contribution is -0.110. The zero-order chi connectivity index (χ0) is 9.19. The highest BCUT2D eigenvalue weighted by atomic mass is 16.1. The van der Waals surface area contributed by atoms with Gasteiger partial charge in [0.15, 0.2) is 0 Å². The summed E-state index contributed by atoms with van der Waals surface area (Å²) in [4.78, 5) is 10.5. The molecule has 0 spiro atoms. The van der Waals surface area contributed by atoms with Crippen molar-refractivity contribution in [3.05, 3.63) is 0 Å². The summed E-state index contributed by atoms with van der Waals surface area (Å²) in [6.45, 7) is 6.94. The maximum Gasteiger partial charge on any atom is 0.120 e. The number of carbonyl (C=O) groups excluding carboxylic acids is 1. The second-order valence-corrected chi connectivity index (χ2v) is 4.75. The van der Waals surface area contributed by atoms with E-state index in [1.807, 2.05) is 0 Å². The van der Waals surface area contributed by atoms with E-state index in [0.717, 1.165) is 18.6 Å². The van der Waals surface area contributed by atoms with Gasteiger partial charge in [-0.25, -0.2) is 0 Å². The zero-order valence-electron chi connectivity index (χ0n) is 8.47. The van der Waals surface area contributed by atoms with Crippen molar-refractivity contribution in [2.45, 2.75) is 46.5 Å². The summed E-state index contributed by atoms with van der Waals surface area (Å²) >= 11 is 0. The summed E-state index contributed by atoms with van der Waals surface area (Å²) < 4.78 is 0. The van der Waals surface area contributed by atoms with Crippen molar-refractivity contribution in [3.63, 3.8) is 0 Å². The molecule has 0 bridgehead atoms. The van der Waals surface area contributed by atoms with Crippen molar-refractivity contribution in [1.29, 1.82) is 0 Å². The van der Waals surface area contributed by atoms with Gasteiger partial charge in [0.1, 0.15) is 6.29 Å². The van der Waals surface area contributed by atoms with Gasteiger partial charge in [0.05, 0.1) is 0 Å². The SMILES string of the molecule is CC1CCCC(CC=O)C1(C)C. The summed E-state index contributed by atoms with van der Waals surface area (Å²) in [6, 6.07) is 0. The van der Waals surface area contributed by atoms with Crippen molar-refractivity contribution >= 4 is 6.29 Å². The molecular weight excluding hydrogens is 148 g/mol. The first-order chi connectivity index (χ1) is 5.59. The second kappa shape index (κ2) is 3.59. The molecule has 1 fully saturated rings. The first-order valence-corrected chi connectivity index (χ1v) is 5.02. The third kappa shape index (κ3) is 1.70. The van der Waals surface area contributed by atoms with Crippen LogP contribution in [0.15, 0.2) is 0 Å². The molecule has 1 heteroatoms. The molecule has 70 valence electrons. The van der Waals surface area contributed by atoms with Gasteiger partial charge in [0.2, 0.25) is 0 Å². The van der Waals surface area contributed by atoms with Crippen LogP contribution in [0.5, 0.6) is 0 Å². The highest BCUT2D eigenvalue weighted by Crippen LogP contribution is 2.45. The Morgan fingerprint density at radius 2 is 2.08 bits per heavy atom. The van der Waals surface area contributed by atoms with E-state index in [1.54, 1.807) is 0 Å². The summed E-state index contributed by atoms with van der Waals surface area (Å²) in [5.74, 6) is 1.40. The molecule has 0 saturated heterocycles. The number of carbonyl (C=O) groups is 1. The van der Waals surface area contributed by atoms with Gasteiger partial charge >= 0.3 is 0 Å². The standard InChI is InChI=1S/C11H20O/c1-9-5-4-6-10(7-8-12)11(9,2)3/h8-10H,4-7H2,1-3H3. The predicted octanol–water partition coefficient (Wildman–Crippen LogP) is 3.04. The van der Waals surface area contributed by atoms with E-state index >= 15 is 0 Å². The minimum atomic E-state index is 0.374. The number of aldehydes is 1. The molecule has 0 aliphatic heterocycles. The molecule has 1 aliphatic carbocycles. The molecule has 12 heavy (non-hydrogen) atoms. The van der Waals surface area contributed by atoms with Crippen LogP contribution in [0.2, 0.25) is 0 Å². The number of hydrogen-bond acceptors (Lipinski definition) is 1. The van der Waals surface area contributed by atoms with Crippen LogP contribution in [0, 0.1) is 17.3 Å². The fourth-order valence-electron chi connectivity index (χ4n) is 2.35. The van der Waals surface area contributed by atoms with Crippen LogP contribution < -0.4 is 0 Å². The van der Waals surface area contributed by atoms with E-state index in [2.05, 4.69) is 20.8 Å². The first kappa shape index (κ1) is 9.76. The largest absolute Gasteiger partial charge is 0.303 e. The monoisotopic (exact) mass is 168 g/mol. The average molecular weight is 168 g/mol. The molecule has 0 radical (unpaired) electrons. The number of rotatable bonds is 2. The van der Waals surface area contributed by atoms with Crippen LogP contribution in [0.1, 0.15) is 46.5 Å². The van der Waals surface area contributed by atoms with Crippen molar-refractivity contribution in [3.8, 4) is 0 Å². The molecule has 0 heterocycles. The molecule has 0 aromatic rings. The molecule has 0 aromatic heterocycles. The molecule has 1 nitrogen and oxygen atoms in total. The number of hydrogen-bond donors (Lipinski definition) is 0. The molecular formula is C11H20O. The van der Waals surface area contributed by atoms with Gasteiger partial charge in [0, 0.05) is 6.42 Å². The molecule has 0 N–H and O–H groups in total. The van der Waals surface area contributed by atoms with Crippen LogP contribution in [0.25, 0.3) is 0 Å². The Labute approximate surface area is 75.5 Å². The van der Waals surface area contributed by atoms with Crippen molar-refractivity contribution in [2.75, 3.05) is 0 Å². The smallest absolute Gasteiger partial charge is 0.120 e. The molecule has 0 amide bonds. The minimum Gasteiger partial charge on any atom is -0.303 e. The van der Waals surface area contributed by atoms with Gasteiger partial charge in [-0.2, -0.15) is 0 Å². The van der Waals surface area contributed by atoms with E-state index in [4.69, 9.17) is 0 Å². The maximum atomic E-state index is 10.5. The van der Waals surface area contributed by atoms with E-state index in [0.29, 0.717) is 11.3 Å². The maximum absolute atomic E-state index is 10.5. The molecule has 0 aromatic carbocycles. The van der Waals surface area contributed by atoms with Gasteiger partial charge in [-0.05, 0) is 23.7 Å². The predicted molar refractivity (Wildman–Crippen MR) is 51.0 cm³/mol. The molecule has 1 saturated carbocycles. The summed E-state index contributed by atoms with van der Waals surface area (Å²) in [7, 11) is 0. The van der Waals surface area contributed by atoms with Gasteiger partial charge < -0.3 is 4.79 Å². The average Bonchev–Trinajstić information content (AvgIpc) is 2.00. The first-order valence-electron chi connectivity index (χ1n) is 5.02. The van der Waals surface area contributed by atoms with Crippen LogP contribution in [0.3, 0.4) is 0 Å². The Bertz CT molecular complexity index is 160. The Hall–Kier alpha value is -0.330. The lowest BCUT2D eigenvalue weighted by Gasteiger charge is -2.43. The zero-order valence-corrected chi connectivity index (χ0v) is 8.47. The van der Waals surface area contributed by atoms with E-state index in [1.165, 1.54) is 19.3 Å². The lowest BCUT2D eigenvalue weighted by atomic mass is 9.62. The quantitative estimate of drug-likeness (QED) is 0.579. The van der Waals surface area contributed by atoms with Crippen LogP contribution >= 0.6 is 0 Å². The Balaban J connectivity index is 2.65. The van der Waals surface area contributed by atoms with Gasteiger partial charge in [-0.15, -0.1) is 0 Å². The highest BCUT2D eigenvalue weighted by molar-refractivity contribution is 5.50.